The Labute approximate surface area is 155 Å². The van der Waals surface area contributed by atoms with Crippen molar-refractivity contribution in [2.75, 3.05) is 0 Å². The summed E-state index contributed by atoms with van der Waals surface area (Å²) in [4.78, 5) is 18.8. The van der Waals surface area contributed by atoms with Gasteiger partial charge in [0.25, 0.3) is 0 Å². The number of carbonyl (C=O) groups is 1. The molecule has 0 radical (unpaired) electrons. The monoisotopic (exact) mass is 375 g/mol. The molecule has 0 fully saturated rings. The van der Waals surface area contributed by atoms with E-state index in [9.17, 15) is 4.79 Å². The van der Waals surface area contributed by atoms with E-state index in [1.54, 1.807) is 22.7 Å². The second kappa shape index (κ2) is 8.40. The van der Waals surface area contributed by atoms with Crippen molar-refractivity contribution in [1.29, 1.82) is 0 Å². The van der Waals surface area contributed by atoms with Gasteiger partial charge >= 0.3 is 0 Å². The van der Waals surface area contributed by atoms with Crippen LogP contribution in [0.2, 0.25) is 0 Å². The lowest BCUT2D eigenvalue weighted by atomic mass is 10.0. The lowest BCUT2D eigenvalue weighted by Crippen LogP contribution is -2.31. The van der Waals surface area contributed by atoms with Crippen molar-refractivity contribution in [3.8, 4) is 10.7 Å². The van der Waals surface area contributed by atoms with E-state index >= 15 is 0 Å². The van der Waals surface area contributed by atoms with Crippen LogP contribution < -0.4 is 5.32 Å². The zero-order valence-corrected chi connectivity index (χ0v) is 15.9. The zero-order chi connectivity index (χ0) is 17.6. The van der Waals surface area contributed by atoms with Crippen molar-refractivity contribution in [1.82, 2.24) is 15.5 Å². The van der Waals surface area contributed by atoms with E-state index < -0.39 is 0 Å². The Bertz CT molecular complexity index is 779. The summed E-state index contributed by atoms with van der Waals surface area (Å²) in [5.74, 6) is 1.61. The molecule has 0 aliphatic carbocycles. The van der Waals surface area contributed by atoms with Gasteiger partial charge in [-0.2, -0.15) is 4.98 Å². The maximum atomic E-state index is 12.3. The van der Waals surface area contributed by atoms with Crippen LogP contribution in [0.5, 0.6) is 0 Å². The van der Waals surface area contributed by atoms with Crippen LogP contribution in [0.15, 0.2) is 39.5 Å². The minimum absolute atomic E-state index is 0.0603. The molecule has 3 aromatic heterocycles. The molecule has 7 heteroatoms. The Balaban J connectivity index is 1.48. The molecule has 3 rings (SSSR count). The summed E-state index contributed by atoms with van der Waals surface area (Å²) in [5, 5.41) is 11.1. The summed E-state index contributed by atoms with van der Waals surface area (Å²) in [6.07, 6.45) is 1.75. The Morgan fingerprint density at radius 3 is 2.72 bits per heavy atom. The highest BCUT2D eigenvalue weighted by molar-refractivity contribution is 7.13. The third-order valence-electron chi connectivity index (χ3n) is 3.84. The predicted molar refractivity (Wildman–Crippen MR) is 101 cm³/mol. The first kappa shape index (κ1) is 17.8. The molecule has 0 unspecified atom stereocenters. The lowest BCUT2D eigenvalue weighted by molar-refractivity contribution is -0.122. The van der Waals surface area contributed by atoms with Crippen molar-refractivity contribution in [3.63, 3.8) is 0 Å². The first-order valence-electron chi connectivity index (χ1n) is 8.32. The van der Waals surface area contributed by atoms with Crippen LogP contribution in [0.3, 0.4) is 0 Å². The molecule has 1 amide bonds. The van der Waals surface area contributed by atoms with Crippen LogP contribution >= 0.6 is 22.7 Å². The van der Waals surface area contributed by atoms with Crippen molar-refractivity contribution in [2.45, 2.75) is 39.2 Å². The number of nitrogens with zero attached hydrogens (tertiary/aromatic N) is 2. The van der Waals surface area contributed by atoms with E-state index in [1.807, 2.05) is 29.0 Å². The Hall–Kier alpha value is -1.99. The van der Waals surface area contributed by atoms with Gasteiger partial charge in [-0.3, -0.25) is 4.79 Å². The molecule has 0 saturated heterocycles. The highest BCUT2D eigenvalue weighted by Gasteiger charge is 2.19. The Kier molecular flexibility index (Phi) is 5.99. The molecule has 132 valence electrons. The molecular weight excluding hydrogens is 354 g/mol. The molecule has 0 aromatic carbocycles. The standard InChI is InChI=1S/C18H21N3O2S2/c1-12(2)17(13-6-4-10-24-13)19-15(22)8-3-9-16-20-18(21-23-16)14-7-5-11-25-14/h4-7,10-12,17H,3,8-9H2,1-2H3,(H,19,22)/t17-/m1/s1. The van der Waals surface area contributed by atoms with E-state index in [1.165, 1.54) is 4.88 Å². The fourth-order valence-corrected chi connectivity index (χ4v) is 4.14. The Morgan fingerprint density at radius 1 is 1.24 bits per heavy atom. The van der Waals surface area contributed by atoms with Gasteiger partial charge in [-0.25, -0.2) is 0 Å². The summed E-state index contributed by atoms with van der Waals surface area (Å²) < 4.78 is 5.26. The van der Waals surface area contributed by atoms with Gasteiger partial charge in [0, 0.05) is 17.7 Å². The molecule has 25 heavy (non-hydrogen) atoms. The highest BCUT2D eigenvalue weighted by atomic mass is 32.1. The van der Waals surface area contributed by atoms with Crippen molar-refractivity contribution in [2.24, 2.45) is 5.92 Å². The second-order valence-electron chi connectivity index (χ2n) is 6.15. The van der Waals surface area contributed by atoms with Crippen molar-refractivity contribution < 1.29 is 9.32 Å². The zero-order valence-electron chi connectivity index (χ0n) is 14.3. The smallest absolute Gasteiger partial charge is 0.226 e. The van der Waals surface area contributed by atoms with E-state index in [0.717, 1.165) is 4.88 Å². The van der Waals surface area contributed by atoms with Gasteiger partial charge in [0.15, 0.2) is 0 Å². The van der Waals surface area contributed by atoms with Crippen LogP contribution in [0.4, 0.5) is 0 Å². The van der Waals surface area contributed by atoms with Crippen LogP contribution in [-0.2, 0) is 11.2 Å². The number of nitrogens with one attached hydrogen (secondary N) is 1. The summed E-state index contributed by atoms with van der Waals surface area (Å²) in [5.41, 5.74) is 0. The van der Waals surface area contributed by atoms with E-state index in [4.69, 9.17) is 4.52 Å². The second-order valence-corrected chi connectivity index (χ2v) is 8.07. The number of carbonyl (C=O) groups excluding carboxylic acids is 1. The van der Waals surface area contributed by atoms with Crippen LogP contribution in [0, 0.1) is 5.92 Å². The minimum Gasteiger partial charge on any atom is -0.348 e. The predicted octanol–water partition coefficient (Wildman–Crippen LogP) is 4.70. The first-order valence-corrected chi connectivity index (χ1v) is 10.1. The summed E-state index contributed by atoms with van der Waals surface area (Å²) in [7, 11) is 0. The molecular formula is C18H21N3O2S2. The summed E-state index contributed by atoms with van der Waals surface area (Å²) in [6, 6.07) is 8.08. The first-order chi connectivity index (χ1) is 12.1. The van der Waals surface area contributed by atoms with Gasteiger partial charge in [-0.15, -0.1) is 22.7 Å². The third-order valence-corrected chi connectivity index (χ3v) is 5.66. The third kappa shape index (κ3) is 4.76. The van der Waals surface area contributed by atoms with Gasteiger partial charge in [0.05, 0.1) is 10.9 Å². The molecule has 0 spiro atoms. The number of aryl methyl sites for hydroxylation is 1. The maximum absolute atomic E-state index is 12.3. The summed E-state index contributed by atoms with van der Waals surface area (Å²) >= 11 is 3.25. The average molecular weight is 376 g/mol. The quantitative estimate of drug-likeness (QED) is 0.620. The van der Waals surface area contributed by atoms with Crippen LogP contribution in [-0.4, -0.2) is 16.0 Å². The molecule has 1 N–H and O–H groups in total. The largest absolute Gasteiger partial charge is 0.348 e. The molecule has 3 aromatic rings. The van der Waals surface area contributed by atoms with Crippen LogP contribution in [0.1, 0.15) is 43.5 Å². The molecule has 5 nitrogen and oxygen atoms in total. The molecule has 0 bridgehead atoms. The molecule has 0 aliphatic heterocycles. The number of hydrogen-bond acceptors (Lipinski definition) is 6. The number of hydrogen-bond donors (Lipinski definition) is 1. The fraction of sp³-hybridized carbons (Fsp3) is 0.389. The van der Waals surface area contributed by atoms with E-state index in [2.05, 4.69) is 35.4 Å². The van der Waals surface area contributed by atoms with Gasteiger partial charge in [0.2, 0.25) is 17.6 Å². The normalized spacial score (nSPS) is 12.4. The number of amides is 1. The topological polar surface area (TPSA) is 68.0 Å². The molecule has 0 saturated carbocycles. The van der Waals surface area contributed by atoms with Gasteiger partial charge < -0.3 is 9.84 Å². The number of rotatable bonds is 8. The van der Waals surface area contributed by atoms with E-state index in [0.29, 0.717) is 36.9 Å². The maximum Gasteiger partial charge on any atom is 0.226 e. The van der Waals surface area contributed by atoms with Gasteiger partial charge in [-0.05, 0) is 35.2 Å². The molecule has 0 aliphatic rings. The van der Waals surface area contributed by atoms with Crippen molar-refractivity contribution in [3.05, 3.63) is 45.8 Å². The van der Waals surface area contributed by atoms with E-state index in [-0.39, 0.29) is 11.9 Å². The van der Waals surface area contributed by atoms with Crippen LogP contribution in [0.25, 0.3) is 10.7 Å². The van der Waals surface area contributed by atoms with Crippen molar-refractivity contribution >= 4 is 28.6 Å². The Morgan fingerprint density at radius 2 is 2.04 bits per heavy atom. The number of thiophene rings is 2. The number of aromatic nitrogens is 2. The van der Waals surface area contributed by atoms with Gasteiger partial charge in [-0.1, -0.05) is 31.1 Å². The highest BCUT2D eigenvalue weighted by Crippen LogP contribution is 2.26. The minimum atomic E-state index is 0.0603. The molecule has 3 heterocycles. The lowest BCUT2D eigenvalue weighted by Gasteiger charge is -2.21. The molecule has 1 atom stereocenters. The van der Waals surface area contributed by atoms with Gasteiger partial charge in [0.1, 0.15) is 0 Å². The summed E-state index contributed by atoms with van der Waals surface area (Å²) in [6.45, 7) is 4.24. The SMILES string of the molecule is CC(C)[C@@H](NC(=O)CCCc1nc(-c2cccs2)no1)c1cccs1. The average Bonchev–Trinajstić information content (AvgIpc) is 3.32. The fourth-order valence-electron chi connectivity index (χ4n) is 2.54.